The molecule has 0 aromatic rings. The van der Waals surface area contributed by atoms with Crippen LogP contribution in [-0.4, -0.2) is 6.04 Å². The highest BCUT2D eigenvalue weighted by Gasteiger charge is 2.46. The molecule has 1 aliphatic rings. The Morgan fingerprint density at radius 1 is 1.09 bits per heavy atom. The van der Waals surface area contributed by atoms with Crippen LogP contribution in [0.2, 0.25) is 0 Å². The van der Waals surface area contributed by atoms with E-state index in [-0.39, 0.29) is 0 Å². The molecule has 1 aliphatic carbocycles. The molecule has 1 rings (SSSR count). The van der Waals surface area contributed by atoms with Gasteiger partial charge in [0.05, 0.1) is 0 Å². The van der Waals surface area contributed by atoms with Crippen molar-refractivity contribution in [3.05, 3.63) is 0 Å². The van der Waals surface area contributed by atoms with Gasteiger partial charge in [-0.1, -0.05) is 27.7 Å². The molecule has 0 spiro atoms. The largest absolute Gasteiger partial charge is 0.328 e. The smallest absolute Gasteiger partial charge is 0.00498 e. The van der Waals surface area contributed by atoms with E-state index in [1.165, 1.54) is 12.8 Å². The van der Waals surface area contributed by atoms with Gasteiger partial charge in [0, 0.05) is 6.04 Å². The van der Waals surface area contributed by atoms with Crippen molar-refractivity contribution in [3.8, 4) is 0 Å². The maximum atomic E-state index is 5.83. The Hall–Kier alpha value is -0.0400. The molecule has 66 valence electrons. The molecule has 2 N–H and O–H groups in total. The summed E-state index contributed by atoms with van der Waals surface area (Å²) >= 11 is 0. The van der Waals surface area contributed by atoms with E-state index < -0.39 is 0 Å². The van der Waals surface area contributed by atoms with Crippen molar-refractivity contribution < 1.29 is 0 Å². The quantitative estimate of drug-likeness (QED) is 0.651. The minimum atomic E-state index is 0.486. The highest BCUT2D eigenvalue weighted by Crippen LogP contribution is 2.51. The lowest BCUT2D eigenvalue weighted by Crippen LogP contribution is -2.52. The molecule has 0 unspecified atom stereocenters. The third-order valence-corrected chi connectivity index (χ3v) is 3.58. The Kier molecular flexibility index (Phi) is 2.29. The lowest BCUT2D eigenvalue weighted by molar-refractivity contribution is -0.00456. The molecule has 0 aliphatic heterocycles. The Bertz CT molecular complexity index is 122. The summed E-state index contributed by atoms with van der Waals surface area (Å²) in [5.41, 5.74) is 6.40. The van der Waals surface area contributed by atoms with Crippen molar-refractivity contribution in [1.29, 1.82) is 0 Å². The van der Waals surface area contributed by atoms with Crippen LogP contribution in [0.1, 0.15) is 40.5 Å². The fraction of sp³-hybridized carbons (Fsp3) is 1.00. The SMILES string of the molecule is CC(C)C1(C(C)C)CC(N)C1. The van der Waals surface area contributed by atoms with Crippen molar-refractivity contribution >= 4 is 0 Å². The number of hydrogen-bond donors (Lipinski definition) is 1. The molecule has 1 saturated carbocycles. The van der Waals surface area contributed by atoms with Gasteiger partial charge in [-0.15, -0.1) is 0 Å². The number of rotatable bonds is 2. The summed E-state index contributed by atoms with van der Waals surface area (Å²) in [6.45, 7) is 9.30. The summed E-state index contributed by atoms with van der Waals surface area (Å²) in [5, 5.41) is 0. The highest BCUT2D eigenvalue weighted by atomic mass is 14.7. The minimum Gasteiger partial charge on any atom is -0.328 e. The van der Waals surface area contributed by atoms with Gasteiger partial charge in [-0.2, -0.15) is 0 Å². The van der Waals surface area contributed by atoms with Crippen molar-refractivity contribution in [2.24, 2.45) is 23.0 Å². The van der Waals surface area contributed by atoms with Crippen LogP contribution in [-0.2, 0) is 0 Å². The lowest BCUT2D eigenvalue weighted by atomic mass is 9.54. The number of hydrogen-bond acceptors (Lipinski definition) is 1. The van der Waals surface area contributed by atoms with Gasteiger partial charge in [-0.3, -0.25) is 0 Å². The van der Waals surface area contributed by atoms with E-state index in [0.717, 1.165) is 11.8 Å². The number of nitrogens with two attached hydrogens (primary N) is 1. The summed E-state index contributed by atoms with van der Waals surface area (Å²) in [4.78, 5) is 0. The van der Waals surface area contributed by atoms with Crippen molar-refractivity contribution in [3.63, 3.8) is 0 Å². The molecule has 0 heterocycles. The summed E-state index contributed by atoms with van der Waals surface area (Å²) in [7, 11) is 0. The molecule has 0 aromatic heterocycles. The van der Waals surface area contributed by atoms with Gasteiger partial charge in [-0.25, -0.2) is 0 Å². The first-order valence-electron chi connectivity index (χ1n) is 4.74. The first-order chi connectivity index (χ1) is 4.99. The van der Waals surface area contributed by atoms with E-state index >= 15 is 0 Å². The van der Waals surface area contributed by atoms with Crippen LogP contribution in [0.15, 0.2) is 0 Å². The Labute approximate surface area is 70.4 Å². The molecular weight excluding hydrogens is 134 g/mol. The van der Waals surface area contributed by atoms with Gasteiger partial charge in [0.15, 0.2) is 0 Å². The van der Waals surface area contributed by atoms with Gasteiger partial charge < -0.3 is 5.73 Å². The van der Waals surface area contributed by atoms with Crippen LogP contribution in [0.5, 0.6) is 0 Å². The molecule has 0 aromatic carbocycles. The van der Waals surface area contributed by atoms with Crippen LogP contribution in [0.4, 0.5) is 0 Å². The van der Waals surface area contributed by atoms with Crippen LogP contribution in [0.25, 0.3) is 0 Å². The molecular formula is C10H21N. The predicted octanol–water partition coefficient (Wildman–Crippen LogP) is 2.41. The second-order valence-electron chi connectivity index (χ2n) is 4.71. The zero-order chi connectivity index (χ0) is 8.65. The van der Waals surface area contributed by atoms with Crippen molar-refractivity contribution in [2.45, 2.75) is 46.6 Å². The maximum Gasteiger partial charge on any atom is 0.00498 e. The molecule has 0 saturated heterocycles. The van der Waals surface area contributed by atoms with Crippen LogP contribution in [0.3, 0.4) is 0 Å². The predicted molar refractivity (Wildman–Crippen MR) is 49.3 cm³/mol. The fourth-order valence-electron chi connectivity index (χ4n) is 2.53. The van der Waals surface area contributed by atoms with E-state index in [1.807, 2.05) is 0 Å². The van der Waals surface area contributed by atoms with Gasteiger partial charge in [0.1, 0.15) is 0 Å². The molecule has 0 bridgehead atoms. The monoisotopic (exact) mass is 155 g/mol. The van der Waals surface area contributed by atoms with Gasteiger partial charge >= 0.3 is 0 Å². The average Bonchev–Trinajstić information content (AvgIpc) is 1.78. The second-order valence-corrected chi connectivity index (χ2v) is 4.71. The van der Waals surface area contributed by atoms with Gasteiger partial charge in [0.25, 0.3) is 0 Å². The van der Waals surface area contributed by atoms with Crippen LogP contribution >= 0.6 is 0 Å². The molecule has 0 atom stereocenters. The topological polar surface area (TPSA) is 26.0 Å². The van der Waals surface area contributed by atoms with Crippen molar-refractivity contribution in [1.82, 2.24) is 0 Å². The normalized spacial score (nSPS) is 24.3. The summed E-state index contributed by atoms with van der Waals surface area (Å²) in [6, 6.07) is 0.486. The maximum absolute atomic E-state index is 5.83. The molecule has 1 fully saturated rings. The molecule has 0 amide bonds. The molecule has 11 heavy (non-hydrogen) atoms. The van der Waals surface area contributed by atoms with Gasteiger partial charge in [-0.05, 0) is 30.1 Å². The molecule has 0 radical (unpaired) electrons. The highest BCUT2D eigenvalue weighted by molar-refractivity contribution is 4.99. The minimum absolute atomic E-state index is 0.486. The Morgan fingerprint density at radius 3 is 1.55 bits per heavy atom. The molecule has 1 nitrogen and oxygen atoms in total. The Balaban J connectivity index is 2.61. The average molecular weight is 155 g/mol. The fourth-order valence-corrected chi connectivity index (χ4v) is 2.53. The van der Waals surface area contributed by atoms with Gasteiger partial charge in [0.2, 0.25) is 0 Å². The zero-order valence-corrected chi connectivity index (χ0v) is 8.22. The van der Waals surface area contributed by atoms with E-state index in [4.69, 9.17) is 5.73 Å². The van der Waals surface area contributed by atoms with Crippen LogP contribution in [0, 0.1) is 17.3 Å². The Morgan fingerprint density at radius 2 is 1.45 bits per heavy atom. The van der Waals surface area contributed by atoms with E-state index in [9.17, 15) is 0 Å². The van der Waals surface area contributed by atoms with Crippen LogP contribution < -0.4 is 5.73 Å². The standard InChI is InChI=1S/C10H21N/c1-7(2)10(8(3)4)5-9(11)6-10/h7-9H,5-6,11H2,1-4H3. The van der Waals surface area contributed by atoms with E-state index in [0.29, 0.717) is 11.5 Å². The third kappa shape index (κ3) is 1.31. The second kappa shape index (κ2) is 2.78. The van der Waals surface area contributed by atoms with E-state index in [2.05, 4.69) is 27.7 Å². The van der Waals surface area contributed by atoms with Crippen molar-refractivity contribution in [2.75, 3.05) is 0 Å². The lowest BCUT2D eigenvalue weighted by Gasteiger charge is -2.52. The summed E-state index contributed by atoms with van der Waals surface area (Å²) in [6.07, 6.45) is 2.48. The van der Waals surface area contributed by atoms with E-state index in [1.54, 1.807) is 0 Å². The third-order valence-electron chi connectivity index (χ3n) is 3.58. The summed E-state index contributed by atoms with van der Waals surface area (Å²) in [5.74, 6) is 1.59. The first-order valence-corrected chi connectivity index (χ1v) is 4.74. The zero-order valence-electron chi connectivity index (χ0n) is 8.22. The first kappa shape index (κ1) is 9.05. The summed E-state index contributed by atoms with van der Waals surface area (Å²) < 4.78 is 0. The molecule has 1 heteroatoms.